The Morgan fingerprint density at radius 2 is 1.57 bits per heavy atom. The number of ether oxygens (including phenoxy) is 1. The smallest absolute Gasteiger partial charge is 0.228 e. The van der Waals surface area contributed by atoms with Crippen LogP contribution >= 0.6 is 0 Å². The van der Waals surface area contributed by atoms with Gasteiger partial charge in [0.1, 0.15) is 5.75 Å². The van der Waals surface area contributed by atoms with Crippen molar-refractivity contribution < 1.29 is 14.3 Å². The van der Waals surface area contributed by atoms with E-state index in [9.17, 15) is 9.59 Å². The molecule has 0 aliphatic heterocycles. The van der Waals surface area contributed by atoms with Gasteiger partial charge < -0.3 is 15.4 Å². The fourth-order valence-electron chi connectivity index (χ4n) is 3.21. The summed E-state index contributed by atoms with van der Waals surface area (Å²) in [6.45, 7) is 8.40. The number of hydrogen-bond donors (Lipinski definition) is 2. The fourth-order valence-corrected chi connectivity index (χ4v) is 3.21. The van der Waals surface area contributed by atoms with Crippen LogP contribution in [0.3, 0.4) is 0 Å². The second-order valence-corrected chi connectivity index (χ2v) is 8.46. The van der Waals surface area contributed by atoms with Gasteiger partial charge in [-0.05, 0) is 54.2 Å². The van der Waals surface area contributed by atoms with E-state index >= 15 is 0 Å². The van der Waals surface area contributed by atoms with Crippen molar-refractivity contribution in [1.29, 1.82) is 0 Å². The molecule has 5 heteroatoms. The monoisotopic (exact) mass is 380 g/mol. The van der Waals surface area contributed by atoms with Crippen LogP contribution < -0.4 is 15.4 Å². The van der Waals surface area contributed by atoms with Gasteiger partial charge in [-0.15, -0.1) is 0 Å². The number of anilines is 2. The first kappa shape index (κ1) is 19.9. The summed E-state index contributed by atoms with van der Waals surface area (Å²) in [5.41, 5.74) is 3.70. The molecule has 5 nitrogen and oxygen atoms in total. The Labute approximate surface area is 166 Å². The van der Waals surface area contributed by atoms with Crippen LogP contribution in [0.25, 0.3) is 0 Å². The van der Waals surface area contributed by atoms with Crippen molar-refractivity contribution >= 4 is 23.2 Å². The molecular formula is C23H28N2O3. The molecule has 2 unspecified atom stereocenters. The Morgan fingerprint density at radius 1 is 0.964 bits per heavy atom. The number of aryl methyl sites for hydroxylation is 1. The minimum absolute atomic E-state index is 0.0685. The molecule has 2 amide bonds. The van der Waals surface area contributed by atoms with E-state index in [1.54, 1.807) is 7.11 Å². The number of carbonyl (C=O) groups is 2. The van der Waals surface area contributed by atoms with Crippen molar-refractivity contribution in [1.82, 2.24) is 0 Å². The molecule has 0 aromatic heterocycles. The van der Waals surface area contributed by atoms with E-state index in [0.29, 0.717) is 17.9 Å². The molecule has 148 valence electrons. The van der Waals surface area contributed by atoms with Crippen LogP contribution in [0.1, 0.15) is 38.3 Å². The zero-order valence-corrected chi connectivity index (χ0v) is 17.1. The van der Waals surface area contributed by atoms with Crippen LogP contribution in [0.5, 0.6) is 5.75 Å². The maximum Gasteiger partial charge on any atom is 0.228 e. The molecule has 0 heterocycles. The molecule has 28 heavy (non-hydrogen) atoms. The average Bonchev–Trinajstić information content (AvgIpc) is 3.43. The van der Waals surface area contributed by atoms with E-state index in [2.05, 4.69) is 31.4 Å². The Hall–Kier alpha value is -2.82. The SMILES string of the molecule is COc1ccc(C)cc1NC(=O)C1CC1C(=O)Nc1ccc(C(C)(C)C)cc1. The van der Waals surface area contributed by atoms with Crippen molar-refractivity contribution in [2.24, 2.45) is 11.8 Å². The summed E-state index contributed by atoms with van der Waals surface area (Å²) < 4.78 is 5.29. The van der Waals surface area contributed by atoms with Crippen LogP contribution in [0.4, 0.5) is 11.4 Å². The average molecular weight is 380 g/mol. The normalized spacial score (nSPS) is 18.3. The minimum atomic E-state index is -0.306. The molecule has 1 aliphatic rings. The summed E-state index contributed by atoms with van der Waals surface area (Å²) in [7, 11) is 1.57. The minimum Gasteiger partial charge on any atom is -0.495 e. The van der Waals surface area contributed by atoms with Crippen LogP contribution in [-0.4, -0.2) is 18.9 Å². The van der Waals surface area contributed by atoms with Gasteiger partial charge >= 0.3 is 0 Å². The first-order chi connectivity index (χ1) is 13.2. The molecule has 2 aromatic carbocycles. The van der Waals surface area contributed by atoms with Crippen LogP contribution in [0.15, 0.2) is 42.5 Å². The molecule has 2 N–H and O–H groups in total. The second kappa shape index (κ2) is 7.66. The van der Waals surface area contributed by atoms with Gasteiger partial charge in [0.05, 0.1) is 24.6 Å². The quantitative estimate of drug-likeness (QED) is 0.802. The number of hydrogen-bond acceptors (Lipinski definition) is 3. The second-order valence-electron chi connectivity index (χ2n) is 8.46. The standard InChI is InChI=1S/C23H28N2O3/c1-14-6-11-20(28-5)19(12-14)25-22(27)18-13-17(18)21(26)24-16-9-7-15(8-10-16)23(2,3)4/h6-12,17-18H,13H2,1-5H3,(H,24,26)(H,25,27). The summed E-state index contributed by atoms with van der Waals surface area (Å²) >= 11 is 0. The van der Waals surface area contributed by atoms with Crippen molar-refractivity contribution in [2.45, 2.75) is 39.5 Å². The van der Waals surface area contributed by atoms with Crippen molar-refractivity contribution in [3.05, 3.63) is 53.6 Å². The third kappa shape index (κ3) is 4.53. The number of benzene rings is 2. The zero-order chi connectivity index (χ0) is 20.5. The van der Waals surface area contributed by atoms with E-state index in [1.165, 1.54) is 5.56 Å². The molecule has 0 spiro atoms. The molecule has 1 aliphatic carbocycles. The van der Waals surface area contributed by atoms with Gasteiger partial charge in [0.2, 0.25) is 11.8 Å². The summed E-state index contributed by atoms with van der Waals surface area (Å²) in [5.74, 6) is -0.247. The molecule has 3 rings (SSSR count). The highest BCUT2D eigenvalue weighted by molar-refractivity contribution is 6.03. The van der Waals surface area contributed by atoms with Gasteiger partial charge in [-0.3, -0.25) is 9.59 Å². The summed E-state index contributed by atoms with van der Waals surface area (Å²) in [6, 6.07) is 13.5. The Morgan fingerprint density at radius 3 is 2.14 bits per heavy atom. The predicted molar refractivity (Wildman–Crippen MR) is 112 cm³/mol. The van der Waals surface area contributed by atoms with E-state index < -0.39 is 0 Å². The predicted octanol–water partition coefficient (Wildman–Crippen LogP) is 4.51. The van der Waals surface area contributed by atoms with Crippen LogP contribution in [0, 0.1) is 18.8 Å². The molecule has 1 fully saturated rings. The van der Waals surface area contributed by atoms with Crippen molar-refractivity contribution in [3.63, 3.8) is 0 Å². The largest absolute Gasteiger partial charge is 0.495 e. The van der Waals surface area contributed by atoms with E-state index in [-0.39, 0.29) is 29.1 Å². The van der Waals surface area contributed by atoms with Gasteiger partial charge in [-0.25, -0.2) is 0 Å². The van der Waals surface area contributed by atoms with Gasteiger partial charge in [0.25, 0.3) is 0 Å². The highest BCUT2D eigenvalue weighted by Crippen LogP contribution is 2.41. The number of carbonyl (C=O) groups excluding carboxylic acids is 2. The summed E-state index contributed by atoms with van der Waals surface area (Å²) in [5, 5.41) is 5.81. The number of nitrogens with one attached hydrogen (secondary N) is 2. The van der Waals surface area contributed by atoms with Crippen LogP contribution in [-0.2, 0) is 15.0 Å². The fraction of sp³-hybridized carbons (Fsp3) is 0.391. The Balaban J connectivity index is 1.58. The highest BCUT2D eigenvalue weighted by atomic mass is 16.5. The lowest BCUT2D eigenvalue weighted by Gasteiger charge is -2.19. The number of rotatable bonds is 5. The lowest BCUT2D eigenvalue weighted by Crippen LogP contribution is -2.21. The van der Waals surface area contributed by atoms with E-state index in [1.807, 2.05) is 49.4 Å². The number of methoxy groups -OCH3 is 1. The maximum absolute atomic E-state index is 12.5. The highest BCUT2D eigenvalue weighted by Gasteiger charge is 2.48. The van der Waals surface area contributed by atoms with Gasteiger partial charge in [-0.1, -0.05) is 39.0 Å². The van der Waals surface area contributed by atoms with Gasteiger partial charge in [0.15, 0.2) is 0 Å². The molecule has 0 bridgehead atoms. The lowest BCUT2D eigenvalue weighted by atomic mass is 9.87. The van der Waals surface area contributed by atoms with Crippen molar-refractivity contribution in [2.75, 3.05) is 17.7 Å². The van der Waals surface area contributed by atoms with Crippen LogP contribution in [0.2, 0.25) is 0 Å². The first-order valence-electron chi connectivity index (χ1n) is 9.56. The molecule has 2 aromatic rings. The number of amides is 2. The molecule has 0 saturated heterocycles. The zero-order valence-electron chi connectivity index (χ0n) is 17.1. The third-order valence-corrected chi connectivity index (χ3v) is 5.10. The molecule has 0 radical (unpaired) electrons. The first-order valence-corrected chi connectivity index (χ1v) is 9.56. The van der Waals surface area contributed by atoms with Gasteiger partial charge in [-0.2, -0.15) is 0 Å². The molecule has 2 atom stereocenters. The van der Waals surface area contributed by atoms with Crippen molar-refractivity contribution in [3.8, 4) is 5.75 Å². The Bertz CT molecular complexity index is 882. The topological polar surface area (TPSA) is 67.4 Å². The summed E-state index contributed by atoms with van der Waals surface area (Å²) in [6.07, 6.45) is 0.561. The Kier molecular flexibility index (Phi) is 5.45. The summed E-state index contributed by atoms with van der Waals surface area (Å²) in [4.78, 5) is 25.0. The van der Waals surface area contributed by atoms with E-state index in [0.717, 1.165) is 11.3 Å². The van der Waals surface area contributed by atoms with Gasteiger partial charge in [0, 0.05) is 5.69 Å². The lowest BCUT2D eigenvalue weighted by molar-refractivity contribution is -0.122. The maximum atomic E-state index is 12.5. The molecular weight excluding hydrogens is 352 g/mol. The molecule has 1 saturated carbocycles. The third-order valence-electron chi connectivity index (χ3n) is 5.10. The van der Waals surface area contributed by atoms with E-state index in [4.69, 9.17) is 4.74 Å².